The van der Waals surface area contributed by atoms with E-state index in [-0.39, 0.29) is 17.7 Å². The number of nitrogens with two attached hydrogens (primary N) is 1. The van der Waals surface area contributed by atoms with Crippen molar-refractivity contribution in [1.29, 1.82) is 5.41 Å². The first-order chi connectivity index (χ1) is 11.0. The van der Waals surface area contributed by atoms with Crippen LogP contribution in [0.25, 0.3) is 0 Å². The van der Waals surface area contributed by atoms with Gasteiger partial charge in [0.1, 0.15) is 11.4 Å². The number of hydrogen-bond donors (Lipinski definition) is 2. The van der Waals surface area contributed by atoms with Crippen molar-refractivity contribution >= 4 is 11.8 Å². The predicted molar refractivity (Wildman–Crippen MR) is 89.8 cm³/mol. The van der Waals surface area contributed by atoms with E-state index in [0.717, 1.165) is 43.4 Å². The van der Waals surface area contributed by atoms with Gasteiger partial charge < -0.3 is 15.2 Å². The summed E-state index contributed by atoms with van der Waals surface area (Å²) in [5, 5.41) is 7.75. The molecule has 1 aromatic rings. The van der Waals surface area contributed by atoms with E-state index in [2.05, 4.69) is 0 Å². The highest BCUT2D eigenvalue weighted by atomic mass is 16.6. The van der Waals surface area contributed by atoms with Crippen molar-refractivity contribution in [1.82, 2.24) is 0 Å². The zero-order valence-corrected chi connectivity index (χ0v) is 13.9. The number of amidine groups is 1. The molecule has 0 aromatic heterocycles. The number of methoxy groups -OCH3 is 1. The van der Waals surface area contributed by atoms with Crippen molar-refractivity contribution in [3.8, 4) is 5.75 Å². The summed E-state index contributed by atoms with van der Waals surface area (Å²) in [6.45, 7) is 1.45. The third kappa shape index (κ3) is 4.24. The zero-order chi connectivity index (χ0) is 16.9. The molecule has 0 aliphatic heterocycles. The van der Waals surface area contributed by atoms with Crippen LogP contribution >= 0.6 is 0 Å². The van der Waals surface area contributed by atoms with Gasteiger partial charge in [0.05, 0.1) is 12.9 Å². The van der Waals surface area contributed by atoms with Crippen LogP contribution in [0.4, 0.5) is 0 Å². The number of nitrogens with one attached hydrogen (secondary N) is 1. The van der Waals surface area contributed by atoms with Crippen LogP contribution in [0.5, 0.6) is 5.75 Å². The Morgan fingerprint density at radius 3 is 2.35 bits per heavy atom. The van der Waals surface area contributed by atoms with Gasteiger partial charge in [-0.25, -0.2) is 0 Å². The molecule has 126 valence electrons. The molecule has 23 heavy (non-hydrogen) atoms. The van der Waals surface area contributed by atoms with Crippen LogP contribution in [-0.2, 0) is 9.53 Å². The second-order valence-corrected chi connectivity index (χ2v) is 6.27. The van der Waals surface area contributed by atoms with Crippen molar-refractivity contribution in [2.24, 2.45) is 5.73 Å². The second-order valence-electron chi connectivity index (χ2n) is 6.27. The average Bonchev–Trinajstić information content (AvgIpc) is 2.53. The normalized spacial score (nSPS) is 18.0. The van der Waals surface area contributed by atoms with Crippen molar-refractivity contribution in [3.05, 3.63) is 29.8 Å². The molecule has 0 heterocycles. The van der Waals surface area contributed by atoms with Crippen molar-refractivity contribution < 1.29 is 14.3 Å². The molecule has 0 amide bonds. The van der Waals surface area contributed by atoms with E-state index in [0.29, 0.717) is 6.42 Å². The molecule has 0 bridgehead atoms. The fourth-order valence-electron chi connectivity index (χ4n) is 3.62. The van der Waals surface area contributed by atoms with Gasteiger partial charge in [-0.1, -0.05) is 18.6 Å². The number of benzene rings is 1. The standard InChI is InChI=1S/C18H26N2O3/c1-13(21)23-18(10-4-3-5-11-18)16(12-17(19)20)14-6-8-15(22-2)9-7-14/h6-9,16H,3-5,10-12H2,1-2H3,(H3,19,20). The van der Waals surface area contributed by atoms with E-state index < -0.39 is 5.60 Å². The van der Waals surface area contributed by atoms with Gasteiger partial charge in [0.15, 0.2) is 0 Å². The third-order valence-electron chi connectivity index (χ3n) is 4.62. The quantitative estimate of drug-likeness (QED) is 0.478. The summed E-state index contributed by atoms with van der Waals surface area (Å²) in [7, 11) is 1.63. The van der Waals surface area contributed by atoms with Crippen molar-refractivity contribution in [2.75, 3.05) is 7.11 Å². The fraction of sp³-hybridized carbons (Fsp3) is 0.556. The van der Waals surface area contributed by atoms with Crippen LogP contribution < -0.4 is 10.5 Å². The van der Waals surface area contributed by atoms with Crippen LogP contribution in [-0.4, -0.2) is 24.5 Å². The first-order valence-corrected chi connectivity index (χ1v) is 8.13. The third-order valence-corrected chi connectivity index (χ3v) is 4.62. The summed E-state index contributed by atoms with van der Waals surface area (Å²) < 4.78 is 11.0. The Morgan fingerprint density at radius 1 is 1.26 bits per heavy atom. The highest BCUT2D eigenvalue weighted by Crippen LogP contribution is 2.45. The maximum atomic E-state index is 11.7. The maximum absolute atomic E-state index is 11.7. The minimum absolute atomic E-state index is 0.102. The number of hydrogen-bond acceptors (Lipinski definition) is 4. The minimum Gasteiger partial charge on any atom is -0.497 e. The van der Waals surface area contributed by atoms with Gasteiger partial charge >= 0.3 is 5.97 Å². The second kappa shape index (κ2) is 7.49. The lowest BCUT2D eigenvalue weighted by atomic mass is 9.71. The van der Waals surface area contributed by atoms with Crippen molar-refractivity contribution in [2.45, 2.75) is 57.0 Å². The molecule has 1 aromatic carbocycles. The highest BCUT2D eigenvalue weighted by molar-refractivity contribution is 5.78. The lowest BCUT2D eigenvalue weighted by molar-refractivity contribution is -0.163. The summed E-state index contributed by atoms with van der Waals surface area (Å²) >= 11 is 0. The number of carbonyl (C=O) groups excluding carboxylic acids is 1. The van der Waals surface area contributed by atoms with Gasteiger partial charge in [0.25, 0.3) is 0 Å². The van der Waals surface area contributed by atoms with E-state index in [9.17, 15) is 4.79 Å². The van der Waals surface area contributed by atoms with E-state index in [1.165, 1.54) is 6.92 Å². The molecule has 5 nitrogen and oxygen atoms in total. The van der Waals surface area contributed by atoms with Crippen LogP contribution in [0, 0.1) is 5.41 Å². The lowest BCUT2D eigenvalue weighted by Gasteiger charge is -2.43. The smallest absolute Gasteiger partial charge is 0.303 e. The summed E-state index contributed by atoms with van der Waals surface area (Å²) in [6, 6.07) is 7.75. The van der Waals surface area contributed by atoms with E-state index in [1.807, 2.05) is 24.3 Å². The molecule has 1 atom stereocenters. The molecular weight excluding hydrogens is 292 g/mol. The fourth-order valence-corrected chi connectivity index (χ4v) is 3.62. The molecule has 1 aliphatic carbocycles. The van der Waals surface area contributed by atoms with E-state index >= 15 is 0 Å². The highest BCUT2D eigenvalue weighted by Gasteiger charge is 2.43. The first kappa shape index (κ1) is 17.3. The summed E-state index contributed by atoms with van der Waals surface area (Å²) in [6.07, 6.45) is 5.22. The Labute approximate surface area is 137 Å². The molecule has 0 radical (unpaired) electrons. The molecule has 3 N–H and O–H groups in total. The number of esters is 1. The summed E-state index contributed by atoms with van der Waals surface area (Å²) in [5.74, 6) is 0.521. The van der Waals surface area contributed by atoms with Crippen molar-refractivity contribution in [3.63, 3.8) is 0 Å². The average molecular weight is 318 g/mol. The molecule has 0 saturated heterocycles. The molecule has 1 unspecified atom stereocenters. The van der Waals surface area contributed by atoms with Crippen LogP contribution in [0.2, 0.25) is 0 Å². The topological polar surface area (TPSA) is 85.4 Å². The van der Waals surface area contributed by atoms with Gasteiger partial charge in [-0.3, -0.25) is 10.2 Å². The van der Waals surface area contributed by atoms with Gasteiger partial charge in [0.2, 0.25) is 0 Å². The van der Waals surface area contributed by atoms with E-state index in [1.54, 1.807) is 7.11 Å². The van der Waals surface area contributed by atoms with Crippen LogP contribution in [0.3, 0.4) is 0 Å². The van der Waals surface area contributed by atoms with Gasteiger partial charge in [-0.15, -0.1) is 0 Å². The zero-order valence-electron chi connectivity index (χ0n) is 13.9. The molecule has 1 saturated carbocycles. The molecule has 1 aliphatic rings. The molecule has 2 rings (SSSR count). The molecule has 0 spiro atoms. The minimum atomic E-state index is -0.565. The predicted octanol–water partition coefficient (Wildman–Crippen LogP) is 3.37. The van der Waals surface area contributed by atoms with Crippen LogP contribution in [0.15, 0.2) is 24.3 Å². The van der Waals surface area contributed by atoms with Crippen LogP contribution in [0.1, 0.15) is 56.9 Å². The summed E-state index contributed by atoms with van der Waals surface area (Å²) in [4.78, 5) is 11.7. The molecular formula is C18H26N2O3. The molecule has 5 heteroatoms. The van der Waals surface area contributed by atoms with Gasteiger partial charge in [-0.2, -0.15) is 0 Å². The number of rotatable bonds is 6. The SMILES string of the molecule is COc1ccc(C(CC(=N)N)C2(OC(C)=O)CCCCC2)cc1. The summed E-state index contributed by atoms with van der Waals surface area (Å²) in [5.41, 5.74) is 6.17. The largest absolute Gasteiger partial charge is 0.497 e. The Kier molecular flexibility index (Phi) is 5.64. The first-order valence-electron chi connectivity index (χ1n) is 8.13. The Bertz CT molecular complexity index is 548. The number of carbonyl (C=O) groups is 1. The lowest BCUT2D eigenvalue weighted by Crippen LogP contribution is -2.44. The van der Waals surface area contributed by atoms with Gasteiger partial charge in [-0.05, 0) is 43.4 Å². The Balaban J connectivity index is 2.39. The molecule has 1 fully saturated rings. The monoisotopic (exact) mass is 318 g/mol. The van der Waals surface area contributed by atoms with Gasteiger partial charge in [0, 0.05) is 19.3 Å². The Hall–Kier alpha value is -2.04. The number of ether oxygens (including phenoxy) is 2. The Morgan fingerprint density at radius 2 is 1.87 bits per heavy atom. The van der Waals surface area contributed by atoms with E-state index in [4.69, 9.17) is 20.6 Å². The maximum Gasteiger partial charge on any atom is 0.303 e.